The van der Waals surface area contributed by atoms with Crippen LogP contribution < -0.4 is 5.73 Å². The molecule has 110 valence electrons. The fourth-order valence-corrected chi connectivity index (χ4v) is 2.50. The zero-order chi connectivity index (χ0) is 15.0. The third-order valence-electron chi connectivity index (χ3n) is 3.65. The first-order valence-corrected chi connectivity index (χ1v) is 6.69. The van der Waals surface area contributed by atoms with Crippen LogP contribution in [0.15, 0.2) is 18.2 Å². The van der Waals surface area contributed by atoms with Crippen LogP contribution in [0.1, 0.15) is 20.7 Å². The van der Waals surface area contributed by atoms with Gasteiger partial charge in [-0.05, 0) is 18.2 Å². The number of morpholine rings is 1. The van der Waals surface area contributed by atoms with Gasteiger partial charge in [-0.2, -0.15) is 0 Å². The van der Waals surface area contributed by atoms with E-state index in [2.05, 4.69) is 0 Å². The Kier molecular flexibility index (Phi) is 3.34. The van der Waals surface area contributed by atoms with Crippen molar-refractivity contribution in [2.45, 2.75) is 0 Å². The largest absolute Gasteiger partial charge is 0.399 e. The lowest BCUT2D eigenvalue weighted by Gasteiger charge is -2.28. The molecule has 0 bridgehead atoms. The number of anilines is 1. The van der Waals surface area contributed by atoms with Gasteiger partial charge in [0.2, 0.25) is 5.91 Å². The van der Waals surface area contributed by atoms with Crippen LogP contribution in [-0.2, 0) is 9.53 Å². The predicted molar refractivity (Wildman–Crippen MR) is 73.6 cm³/mol. The first-order chi connectivity index (χ1) is 10.1. The van der Waals surface area contributed by atoms with E-state index in [-0.39, 0.29) is 18.0 Å². The van der Waals surface area contributed by atoms with Gasteiger partial charge in [-0.1, -0.05) is 0 Å². The summed E-state index contributed by atoms with van der Waals surface area (Å²) in [6.45, 7) is 1.67. The molecule has 2 heterocycles. The molecule has 1 aromatic rings. The second-order valence-electron chi connectivity index (χ2n) is 4.99. The van der Waals surface area contributed by atoms with Crippen molar-refractivity contribution in [3.05, 3.63) is 29.3 Å². The molecule has 0 unspecified atom stereocenters. The van der Waals surface area contributed by atoms with Crippen LogP contribution in [0.4, 0.5) is 5.69 Å². The van der Waals surface area contributed by atoms with Gasteiger partial charge in [0.25, 0.3) is 11.8 Å². The Bertz CT molecular complexity index is 623. The minimum Gasteiger partial charge on any atom is -0.399 e. The molecule has 0 saturated carbocycles. The van der Waals surface area contributed by atoms with Gasteiger partial charge in [0.15, 0.2) is 0 Å². The van der Waals surface area contributed by atoms with E-state index in [0.29, 0.717) is 37.6 Å². The number of imide groups is 1. The number of carbonyl (C=O) groups is 3. The van der Waals surface area contributed by atoms with Crippen molar-refractivity contribution in [2.75, 3.05) is 38.6 Å². The maximum absolute atomic E-state index is 12.2. The topological polar surface area (TPSA) is 92.9 Å². The number of nitrogens with two attached hydrogens (primary N) is 1. The molecule has 1 saturated heterocycles. The number of ether oxygens (including phenoxy) is 1. The summed E-state index contributed by atoms with van der Waals surface area (Å²) in [6.07, 6.45) is 0. The highest BCUT2D eigenvalue weighted by Gasteiger charge is 2.37. The van der Waals surface area contributed by atoms with Gasteiger partial charge in [-0.25, -0.2) is 0 Å². The number of benzene rings is 1. The molecular formula is C14H15N3O4. The summed E-state index contributed by atoms with van der Waals surface area (Å²) in [7, 11) is 0. The molecule has 1 fully saturated rings. The molecule has 0 radical (unpaired) electrons. The predicted octanol–water partition coefficient (Wildman–Crippen LogP) is -0.276. The SMILES string of the molecule is Nc1ccc2c(c1)C(=O)N(CC(=O)N1CCOCC1)C2=O. The fraction of sp³-hybridized carbons (Fsp3) is 0.357. The van der Waals surface area contributed by atoms with E-state index in [0.717, 1.165) is 4.90 Å². The number of carbonyl (C=O) groups excluding carboxylic acids is 3. The van der Waals surface area contributed by atoms with E-state index in [1.54, 1.807) is 11.0 Å². The van der Waals surface area contributed by atoms with Gasteiger partial charge in [-0.3, -0.25) is 19.3 Å². The summed E-state index contributed by atoms with van der Waals surface area (Å²) < 4.78 is 5.17. The lowest BCUT2D eigenvalue weighted by Crippen LogP contribution is -2.47. The van der Waals surface area contributed by atoms with E-state index < -0.39 is 11.8 Å². The Morgan fingerprint density at radius 1 is 1.14 bits per heavy atom. The third-order valence-corrected chi connectivity index (χ3v) is 3.65. The first-order valence-electron chi connectivity index (χ1n) is 6.69. The number of hydrogen-bond acceptors (Lipinski definition) is 5. The number of nitrogens with zero attached hydrogens (tertiary/aromatic N) is 2. The quantitative estimate of drug-likeness (QED) is 0.597. The Balaban J connectivity index is 1.77. The highest BCUT2D eigenvalue weighted by molar-refractivity contribution is 6.22. The highest BCUT2D eigenvalue weighted by Crippen LogP contribution is 2.24. The van der Waals surface area contributed by atoms with Gasteiger partial charge in [0.1, 0.15) is 6.54 Å². The zero-order valence-electron chi connectivity index (χ0n) is 11.4. The zero-order valence-corrected chi connectivity index (χ0v) is 11.4. The maximum atomic E-state index is 12.2. The highest BCUT2D eigenvalue weighted by atomic mass is 16.5. The first kappa shape index (κ1) is 13.6. The third kappa shape index (κ3) is 2.36. The van der Waals surface area contributed by atoms with Crippen LogP contribution in [0, 0.1) is 0 Å². The molecule has 7 nitrogen and oxygen atoms in total. The minimum atomic E-state index is -0.469. The Morgan fingerprint density at radius 2 is 1.81 bits per heavy atom. The molecule has 2 aliphatic heterocycles. The summed E-state index contributed by atoms with van der Waals surface area (Å²) in [6, 6.07) is 4.55. The van der Waals surface area contributed by atoms with E-state index in [1.807, 2.05) is 0 Å². The molecule has 21 heavy (non-hydrogen) atoms. The molecule has 2 N–H and O–H groups in total. The van der Waals surface area contributed by atoms with Crippen LogP contribution in [0.2, 0.25) is 0 Å². The average molecular weight is 289 g/mol. The molecule has 0 aliphatic carbocycles. The Labute approximate surface area is 121 Å². The van der Waals surface area contributed by atoms with Gasteiger partial charge >= 0.3 is 0 Å². The molecule has 7 heteroatoms. The number of nitrogen functional groups attached to an aromatic ring is 1. The number of amides is 3. The van der Waals surface area contributed by atoms with E-state index in [1.165, 1.54) is 12.1 Å². The molecule has 3 amide bonds. The molecule has 1 aromatic carbocycles. The van der Waals surface area contributed by atoms with Crippen molar-refractivity contribution in [1.29, 1.82) is 0 Å². The van der Waals surface area contributed by atoms with Gasteiger partial charge in [0.05, 0.1) is 24.3 Å². The van der Waals surface area contributed by atoms with Crippen LogP contribution in [0.3, 0.4) is 0 Å². The maximum Gasteiger partial charge on any atom is 0.262 e. The Morgan fingerprint density at radius 3 is 2.52 bits per heavy atom. The molecular weight excluding hydrogens is 274 g/mol. The molecule has 2 aliphatic rings. The van der Waals surface area contributed by atoms with Crippen LogP contribution in [-0.4, -0.2) is 60.4 Å². The molecule has 3 rings (SSSR count). The Hall–Kier alpha value is -2.41. The number of rotatable bonds is 2. The van der Waals surface area contributed by atoms with E-state index in [4.69, 9.17) is 10.5 Å². The average Bonchev–Trinajstić information content (AvgIpc) is 2.73. The lowest BCUT2D eigenvalue weighted by atomic mass is 10.1. The number of hydrogen-bond donors (Lipinski definition) is 1. The van der Waals surface area contributed by atoms with Crippen molar-refractivity contribution >= 4 is 23.4 Å². The smallest absolute Gasteiger partial charge is 0.262 e. The van der Waals surface area contributed by atoms with Gasteiger partial charge in [0, 0.05) is 18.8 Å². The van der Waals surface area contributed by atoms with Crippen molar-refractivity contribution in [1.82, 2.24) is 9.80 Å². The molecule has 0 aromatic heterocycles. The van der Waals surface area contributed by atoms with E-state index in [9.17, 15) is 14.4 Å². The van der Waals surface area contributed by atoms with Crippen LogP contribution >= 0.6 is 0 Å². The van der Waals surface area contributed by atoms with Crippen LogP contribution in [0.25, 0.3) is 0 Å². The normalized spacial score (nSPS) is 18.1. The van der Waals surface area contributed by atoms with Crippen molar-refractivity contribution in [3.8, 4) is 0 Å². The van der Waals surface area contributed by atoms with Crippen molar-refractivity contribution in [3.63, 3.8) is 0 Å². The summed E-state index contributed by atoms with van der Waals surface area (Å²) in [5.74, 6) is -1.17. The summed E-state index contributed by atoms with van der Waals surface area (Å²) >= 11 is 0. The lowest BCUT2D eigenvalue weighted by molar-refractivity contribution is -0.135. The summed E-state index contributed by atoms with van der Waals surface area (Å²) in [5, 5.41) is 0. The monoisotopic (exact) mass is 289 g/mol. The second kappa shape index (κ2) is 5.17. The van der Waals surface area contributed by atoms with E-state index >= 15 is 0 Å². The second-order valence-corrected chi connectivity index (χ2v) is 4.99. The summed E-state index contributed by atoms with van der Waals surface area (Å²) in [4.78, 5) is 39.2. The van der Waals surface area contributed by atoms with Gasteiger partial charge < -0.3 is 15.4 Å². The minimum absolute atomic E-state index is 0.244. The van der Waals surface area contributed by atoms with Crippen molar-refractivity contribution < 1.29 is 19.1 Å². The van der Waals surface area contributed by atoms with Gasteiger partial charge in [-0.15, -0.1) is 0 Å². The molecule has 0 spiro atoms. The number of fused-ring (bicyclic) bond motifs is 1. The standard InChI is InChI=1S/C14H15N3O4/c15-9-1-2-10-11(7-9)14(20)17(13(10)19)8-12(18)16-3-5-21-6-4-16/h1-2,7H,3-6,8,15H2. The summed E-state index contributed by atoms with van der Waals surface area (Å²) in [5.41, 5.74) is 6.60. The van der Waals surface area contributed by atoms with Crippen LogP contribution in [0.5, 0.6) is 0 Å². The van der Waals surface area contributed by atoms with Crippen molar-refractivity contribution in [2.24, 2.45) is 0 Å². The molecule has 0 atom stereocenters. The fourth-order valence-electron chi connectivity index (χ4n) is 2.50.